The summed E-state index contributed by atoms with van der Waals surface area (Å²) < 4.78 is 0.664. The Morgan fingerprint density at radius 2 is 2.08 bits per heavy atom. The Labute approximate surface area is 150 Å². The van der Waals surface area contributed by atoms with Gasteiger partial charge in [-0.15, -0.1) is 0 Å². The molecule has 0 unspecified atom stereocenters. The smallest absolute Gasteiger partial charge is 0.135 e. The lowest BCUT2D eigenvalue weighted by Crippen LogP contribution is -2.43. The zero-order chi connectivity index (χ0) is 17.1. The normalized spacial score (nSPS) is 17.5. The molecule has 0 radical (unpaired) electrons. The number of hydrogen-bond donors (Lipinski definition) is 2. The summed E-state index contributed by atoms with van der Waals surface area (Å²) >= 11 is 3.41. The van der Waals surface area contributed by atoms with E-state index >= 15 is 0 Å². The van der Waals surface area contributed by atoms with Crippen molar-refractivity contribution in [1.82, 2.24) is 0 Å². The highest BCUT2D eigenvalue weighted by Gasteiger charge is 2.22. The van der Waals surface area contributed by atoms with Crippen molar-refractivity contribution < 1.29 is 5.11 Å². The topological polar surface area (TPSA) is 73.3 Å². The molecule has 24 heavy (non-hydrogen) atoms. The maximum Gasteiger partial charge on any atom is 0.135 e. The molecule has 1 aliphatic rings. The van der Waals surface area contributed by atoms with Crippen molar-refractivity contribution in [2.45, 2.75) is 25.3 Å². The second-order valence-corrected chi connectivity index (χ2v) is 7.04. The maximum absolute atomic E-state index is 10.6. The van der Waals surface area contributed by atoms with Crippen LogP contribution in [0.1, 0.15) is 29.5 Å². The van der Waals surface area contributed by atoms with Gasteiger partial charge in [-0.3, -0.25) is 0 Å². The number of nitrogens with two attached hydrogens (primary N) is 1. The summed E-state index contributed by atoms with van der Waals surface area (Å²) in [5, 5.41) is 19.9. The fourth-order valence-corrected chi connectivity index (χ4v) is 3.64. The van der Waals surface area contributed by atoms with Gasteiger partial charge in [-0.25, -0.2) is 0 Å². The van der Waals surface area contributed by atoms with E-state index in [1.807, 2.05) is 30.3 Å². The summed E-state index contributed by atoms with van der Waals surface area (Å²) in [7, 11) is 0. The van der Waals surface area contributed by atoms with Crippen molar-refractivity contribution in [3.05, 3.63) is 57.6 Å². The van der Waals surface area contributed by atoms with Gasteiger partial charge in [0.05, 0.1) is 16.1 Å². The zero-order valence-electron chi connectivity index (χ0n) is 13.4. The molecule has 0 aromatic heterocycles. The standard InChI is InChI=1S/C19H20BrN3O/c20-17-7-8-18(23-9-3-6-15(22)12-23)16(19(17)24)10-13-4-1-2-5-14(13)11-21/h1-2,4-5,7-8,15,24H,3,6,9-10,12,22H2/t15-/m1/s1. The number of nitriles is 1. The minimum atomic E-state index is 0.156. The van der Waals surface area contributed by atoms with E-state index in [1.165, 1.54) is 0 Å². The molecule has 0 bridgehead atoms. The van der Waals surface area contributed by atoms with Crippen LogP contribution in [0.15, 0.2) is 40.9 Å². The molecule has 1 fully saturated rings. The van der Waals surface area contributed by atoms with Crippen LogP contribution in [0.3, 0.4) is 0 Å². The van der Waals surface area contributed by atoms with Gasteiger partial charge in [-0.05, 0) is 52.5 Å². The summed E-state index contributed by atoms with van der Waals surface area (Å²) in [6.45, 7) is 1.72. The lowest BCUT2D eigenvalue weighted by atomic mass is 9.96. The van der Waals surface area contributed by atoms with Crippen LogP contribution >= 0.6 is 15.9 Å². The SMILES string of the molecule is N#Cc1ccccc1Cc1c(N2CCC[C@@H](N)C2)ccc(Br)c1O. The molecule has 0 saturated carbocycles. The number of halogens is 1. The van der Waals surface area contributed by atoms with Crippen LogP contribution in [0.2, 0.25) is 0 Å². The molecule has 0 spiro atoms. The number of rotatable bonds is 3. The fraction of sp³-hybridized carbons (Fsp3) is 0.316. The number of hydrogen-bond acceptors (Lipinski definition) is 4. The van der Waals surface area contributed by atoms with E-state index in [0.29, 0.717) is 16.5 Å². The second-order valence-electron chi connectivity index (χ2n) is 6.19. The van der Waals surface area contributed by atoms with Gasteiger partial charge in [0.15, 0.2) is 0 Å². The van der Waals surface area contributed by atoms with Crippen molar-refractivity contribution in [2.75, 3.05) is 18.0 Å². The van der Waals surface area contributed by atoms with Gasteiger partial charge in [0.2, 0.25) is 0 Å². The molecule has 5 heteroatoms. The molecule has 3 N–H and O–H groups in total. The third-order valence-corrected chi connectivity index (χ3v) is 5.15. The minimum absolute atomic E-state index is 0.156. The second kappa shape index (κ2) is 7.25. The Kier molecular flexibility index (Phi) is 5.08. The monoisotopic (exact) mass is 385 g/mol. The first kappa shape index (κ1) is 16.8. The van der Waals surface area contributed by atoms with E-state index in [1.54, 1.807) is 6.07 Å². The van der Waals surface area contributed by atoms with Gasteiger partial charge in [-0.2, -0.15) is 5.26 Å². The van der Waals surface area contributed by atoms with Gasteiger partial charge in [-0.1, -0.05) is 18.2 Å². The van der Waals surface area contributed by atoms with E-state index in [-0.39, 0.29) is 11.8 Å². The first-order valence-corrected chi connectivity index (χ1v) is 8.88. The largest absolute Gasteiger partial charge is 0.506 e. The van der Waals surface area contributed by atoms with Crippen LogP contribution in [-0.2, 0) is 6.42 Å². The summed E-state index contributed by atoms with van der Waals surface area (Å²) in [6, 6.07) is 13.8. The third-order valence-electron chi connectivity index (χ3n) is 4.51. The number of aromatic hydroxyl groups is 1. The summed E-state index contributed by atoms with van der Waals surface area (Å²) in [5.74, 6) is 0.236. The predicted molar refractivity (Wildman–Crippen MR) is 99.2 cm³/mol. The molecule has 124 valence electrons. The van der Waals surface area contributed by atoms with Gasteiger partial charge in [0.1, 0.15) is 5.75 Å². The first-order valence-electron chi connectivity index (χ1n) is 8.09. The molecule has 1 atom stereocenters. The zero-order valence-corrected chi connectivity index (χ0v) is 15.0. The lowest BCUT2D eigenvalue weighted by molar-refractivity contribution is 0.463. The Bertz CT molecular complexity index is 785. The highest BCUT2D eigenvalue weighted by atomic mass is 79.9. The number of piperidine rings is 1. The van der Waals surface area contributed by atoms with Crippen molar-refractivity contribution in [1.29, 1.82) is 5.26 Å². The fourth-order valence-electron chi connectivity index (χ4n) is 3.27. The van der Waals surface area contributed by atoms with Crippen LogP contribution in [0, 0.1) is 11.3 Å². The molecular formula is C19H20BrN3O. The molecule has 2 aromatic rings. The minimum Gasteiger partial charge on any atom is -0.506 e. The van der Waals surface area contributed by atoms with Crippen molar-refractivity contribution >= 4 is 21.6 Å². The van der Waals surface area contributed by atoms with Gasteiger partial charge < -0.3 is 15.7 Å². The summed E-state index contributed by atoms with van der Waals surface area (Å²) in [4.78, 5) is 2.24. The quantitative estimate of drug-likeness (QED) is 0.846. The van der Waals surface area contributed by atoms with E-state index in [9.17, 15) is 10.4 Å². The van der Waals surface area contributed by atoms with Gasteiger partial charge in [0, 0.05) is 36.8 Å². The Morgan fingerprint density at radius 1 is 1.29 bits per heavy atom. The molecule has 3 rings (SSSR count). The molecule has 1 saturated heterocycles. The Hall–Kier alpha value is -2.03. The van der Waals surface area contributed by atoms with E-state index < -0.39 is 0 Å². The number of phenols is 1. The van der Waals surface area contributed by atoms with Gasteiger partial charge >= 0.3 is 0 Å². The van der Waals surface area contributed by atoms with Crippen molar-refractivity contribution in [3.8, 4) is 11.8 Å². The molecule has 0 aliphatic carbocycles. The first-order chi connectivity index (χ1) is 11.6. The number of nitrogens with zero attached hydrogens (tertiary/aromatic N) is 2. The number of phenolic OH excluding ortho intramolecular Hbond substituents is 1. The van der Waals surface area contributed by atoms with Crippen molar-refractivity contribution in [2.24, 2.45) is 5.73 Å². The summed E-state index contributed by atoms with van der Waals surface area (Å²) in [5.41, 5.74) is 9.51. The van der Waals surface area contributed by atoms with Crippen LogP contribution in [0.4, 0.5) is 5.69 Å². The number of anilines is 1. The van der Waals surface area contributed by atoms with Crippen LogP contribution in [0.5, 0.6) is 5.75 Å². The highest BCUT2D eigenvalue weighted by molar-refractivity contribution is 9.10. The Balaban J connectivity index is 2.02. The predicted octanol–water partition coefficient (Wildman–Crippen LogP) is 3.54. The Morgan fingerprint density at radius 3 is 2.83 bits per heavy atom. The number of benzene rings is 2. The van der Waals surface area contributed by atoms with E-state index in [0.717, 1.165) is 42.7 Å². The van der Waals surface area contributed by atoms with Crippen molar-refractivity contribution in [3.63, 3.8) is 0 Å². The van der Waals surface area contributed by atoms with Crippen LogP contribution < -0.4 is 10.6 Å². The average molecular weight is 386 g/mol. The molecule has 0 amide bonds. The molecule has 1 aliphatic heterocycles. The van der Waals surface area contributed by atoms with Gasteiger partial charge in [0.25, 0.3) is 0 Å². The maximum atomic E-state index is 10.6. The molecule has 4 nitrogen and oxygen atoms in total. The average Bonchev–Trinajstić information content (AvgIpc) is 2.59. The lowest BCUT2D eigenvalue weighted by Gasteiger charge is -2.34. The van der Waals surface area contributed by atoms with E-state index in [2.05, 4.69) is 26.9 Å². The third kappa shape index (κ3) is 3.40. The molecular weight excluding hydrogens is 366 g/mol. The highest BCUT2D eigenvalue weighted by Crippen LogP contribution is 2.38. The van der Waals surface area contributed by atoms with Crippen LogP contribution in [-0.4, -0.2) is 24.2 Å². The van der Waals surface area contributed by atoms with E-state index in [4.69, 9.17) is 5.73 Å². The summed E-state index contributed by atoms with van der Waals surface area (Å²) in [6.07, 6.45) is 2.59. The molecule has 2 aromatic carbocycles. The molecule has 1 heterocycles. The van der Waals surface area contributed by atoms with Crippen LogP contribution in [0.25, 0.3) is 0 Å².